The van der Waals surface area contributed by atoms with Gasteiger partial charge in [0.15, 0.2) is 0 Å². The van der Waals surface area contributed by atoms with Crippen molar-refractivity contribution in [3.8, 4) is 107 Å². The molecule has 544 valence electrons. The molecule has 0 saturated heterocycles. The number of nitrogens with zero attached hydrogens (tertiary/aromatic N) is 9. The van der Waals surface area contributed by atoms with Crippen molar-refractivity contribution in [2.45, 2.75) is 86.0 Å². The fraction of sp³-hybridized carbons (Fsp3) is 0.129. The van der Waals surface area contributed by atoms with E-state index in [0.717, 1.165) is 45.4 Å². The van der Waals surface area contributed by atoms with E-state index in [1.165, 1.54) is 89.3 Å². The molecule has 9 heteroatoms. The zero-order chi connectivity index (χ0) is 76.1. The third-order valence-electron chi connectivity index (χ3n) is 19.5. The van der Waals surface area contributed by atoms with Gasteiger partial charge >= 0.3 is 0 Å². The van der Waals surface area contributed by atoms with E-state index in [2.05, 4.69) is 293 Å². The normalized spacial score (nSPS) is 10.9. The monoisotopic (exact) mass is 1430 g/mol. The van der Waals surface area contributed by atoms with Crippen LogP contribution in [-0.2, 0) is 0 Å². The van der Waals surface area contributed by atoms with Crippen LogP contribution >= 0.6 is 0 Å². The largest absolute Gasteiger partial charge is 0.316 e. The number of aromatic nitrogens is 9. The average molecular weight is 1430 g/mol. The topological polar surface area (TPSA) is 76.2 Å². The standard InChI is InChI=1S/C29H31N.C27H28N2.3C15H12N2/c1-20(2)26-18-24(25-15-10-9-12-22(25)5)19-27(21(3)4)29(26)30-17-11-16-28(30)23-13-7-6-8-14-23;1-19(2)24-17-22(21-11-7-5-8-12-21)18-25(20(3)4)26(24)27-28-15-16-29(27)23-13-9-6-10-14-23;2*1-3-7-13(8-4-1)14-11-16-17(12-14)15-9-5-2-6-10-15;1-3-7-13(8-4-1)15-11-12-16-17(15)14-9-5-2-6-10-14/h6-21H,1-5H3;5-20H,1-4H3;3*1-12H. The molecule has 0 amide bonds. The Balaban J connectivity index is 0.000000124. The summed E-state index contributed by atoms with van der Waals surface area (Å²) in [6.45, 7) is 20.5. The highest BCUT2D eigenvalue weighted by Gasteiger charge is 2.24. The van der Waals surface area contributed by atoms with Crippen LogP contribution in [0.2, 0.25) is 0 Å². The number of benzene rings is 12. The first-order chi connectivity index (χ1) is 53.8. The van der Waals surface area contributed by atoms with E-state index in [1.54, 1.807) is 0 Å². The summed E-state index contributed by atoms with van der Waals surface area (Å²) in [5.74, 6) is 2.65. The summed E-state index contributed by atoms with van der Waals surface area (Å²) in [7, 11) is 0. The zero-order valence-electron chi connectivity index (χ0n) is 64.3. The highest BCUT2D eigenvalue weighted by molar-refractivity contribution is 5.78. The van der Waals surface area contributed by atoms with E-state index in [0.29, 0.717) is 23.7 Å². The Morgan fingerprint density at radius 2 is 0.645 bits per heavy atom. The number of hydrogen-bond acceptors (Lipinski definition) is 4. The van der Waals surface area contributed by atoms with Gasteiger partial charge in [0.2, 0.25) is 0 Å². The Kier molecular flexibility index (Phi) is 24.8. The van der Waals surface area contributed by atoms with Crippen LogP contribution in [0, 0.1) is 6.92 Å². The van der Waals surface area contributed by atoms with Gasteiger partial charge in [0, 0.05) is 58.9 Å². The molecule has 9 nitrogen and oxygen atoms in total. The van der Waals surface area contributed by atoms with Gasteiger partial charge in [-0.3, -0.25) is 4.57 Å². The molecular weight excluding hydrogens is 1340 g/mol. The molecule has 0 atom stereocenters. The SMILES string of the molecule is CC(C)c1cc(-c2ccccc2)cc(C(C)C)c1-c1nccn1-c1ccccc1.Cc1ccccc1-c1cc(C(C)C)c(-n2cccc2-c2ccccc2)c(C(C)C)c1.c1ccc(-c2ccnn2-c2ccccc2)cc1.c1ccc(-c2cnn(-c3ccccc3)c2)cc1.c1ccc(-c2cnn(-c3ccccc3)c2)cc1. The quantitative estimate of drug-likeness (QED) is 0.0966. The minimum Gasteiger partial charge on any atom is -0.316 e. The first-order valence-electron chi connectivity index (χ1n) is 38.1. The van der Waals surface area contributed by atoms with E-state index in [9.17, 15) is 0 Å². The van der Waals surface area contributed by atoms with Gasteiger partial charge in [0.1, 0.15) is 5.82 Å². The number of aryl methyl sites for hydroxylation is 1. The third kappa shape index (κ3) is 18.2. The van der Waals surface area contributed by atoms with Gasteiger partial charge in [-0.1, -0.05) is 316 Å². The van der Waals surface area contributed by atoms with E-state index in [4.69, 9.17) is 4.98 Å². The lowest BCUT2D eigenvalue weighted by atomic mass is 9.85. The molecule has 5 heterocycles. The van der Waals surface area contributed by atoms with Crippen LogP contribution in [0.5, 0.6) is 0 Å². The molecule has 0 spiro atoms. The van der Waals surface area contributed by atoms with Gasteiger partial charge in [0.05, 0.1) is 52.7 Å². The molecule has 110 heavy (non-hydrogen) atoms. The van der Waals surface area contributed by atoms with E-state index in [-0.39, 0.29) is 0 Å². The number of rotatable bonds is 16. The molecule has 0 bridgehead atoms. The lowest BCUT2D eigenvalue weighted by molar-refractivity contribution is 0.808. The highest BCUT2D eigenvalue weighted by atomic mass is 15.3. The summed E-state index contributed by atoms with van der Waals surface area (Å²) in [5.41, 5.74) is 28.4. The molecule has 0 radical (unpaired) electrons. The first kappa shape index (κ1) is 75.0. The molecule has 12 aromatic carbocycles. The Labute approximate surface area is 649 Å². The molecule has 0 aliphatic carbocycles. The summed E-state index contributed by atoms with van der Waals surface area (Å²) in [6.07, 6.45) is 15.9. The van der Waals surface area contributed by atoms with Crippen molar-refractivity contribution >= 4 is 0 Å². The molecule has 0 N–H and O–H groups in total. The second-order valence-corrected chi connectivity index (χ2v) is 28.5. The van der Waals surface area contributed by atoms with Crippen molar-refractivity contribution in [2.24, 2.45) is 0 Å². The zero-order valence-corrected chi connectivity index (χ0v) is 64.3. The molecule has 5 aromatic heterocycles. The lowest BCUT2D eigenvalue weighted by Gasteiger charge is -2.24. The fourth-order valence-electron chi connectivity index (χ4n) is 13.8. The second kappa shape index (κ2) is 36.4. The number of imidazole rings is 1. The second-order valence-electron chi connectivity index (χ2n) is 28.5. The summed E-state index contributed by atoms with van der Waals surface area (Å²) in [6, 6.07) is 118. The molecule has 0 aliphatic heterocycles. The van der Waals surface area contributed by atoms with Gasteiger partial charge in [-0.2, -0.15) is 15.3 Å². The van der Waals surface area contributed by atoms with Crippen molar-refractivity contribution in [1.82, 2.24) is 43.5 Å². The van der Waals surface area contributed by atoms with E-state index >= 15 is 0 Å². The smallest absolute Gasteiger partial charge is 0.145 e. The van der Waals surface area contributed by atoms with Crippen LogP contribution in [0.3, 0.4) is 0 Å². The van der Waals surface area contributed by atoms with Crippen LogP contribution in [0.15, 0.2) is 389 Å². The van der Waals surface area contributed by atoms with Crippen LogP contribution in [0.4, 0.5) is 0 Å². The Hall–Kier alpha value is -13.2. The Bertz CT molecular complexity index is 5310. The first-order valence-corrected chi connectivity index (χ1v) is 38.1. The molecular formula is C101H95N9. The maximum absolute atomic E-state index is 4.81. The molecule has 0 saturated carbocycles. The average Bonchev–Trinajstić information content (AvgIpc) is 0.904. The van der Waals surface area contributed by atoms with Crippen LogP contribution in [-0.4, -0.2) is 43.5 Å². The van der Waals surface area contributed by atoms with Crippen molar-refractivity contribution in [3.05, 3.63) is 417 Å². The number of hydrogen-bond donors (Lipinski definition) is 0. The summed E-state index contributed by atoms with van der Waals surface area (Å²) in [4.78, 5) is 4.81. The highest BCUT2D eigenvalue weighted by Crippen LogP contribution is 2.42. The van der Waals surface area contributed by atoms with Crippen molar-refractivity contribution in [2.75, 3.05) is 0 Å². The Morgan fingerprint density at radius 1 is 0.273 bits per heavy atom. The summed E-state index contributed by atoms with van der Waals surface area (Å²) >= 11 is 0. The van der Waals surface area contributed by atoms with Gasteiger partial charge in [0.25, 0.3) is 0 Å². The van der Waals surface area contributed by atoms with Gasteiger partial charge in [-0.15, -0.1) is 0 Å². The molecule has 0 unspecified atom stereocenters. The third-order valence-corrected chi connectivity index (χ3v) is 19.5. The molecule has 17 rings (SSSR count). The summed E-state index contributed by atoms with van der Waals surface area (Å²) in [5, 5.41) is 13.1. The fourth-order valence-corrected chi connectivity index (χ4v) is 13.8. The predicted molar refractivity (Wildman–Crippen MR) is 459 cm³/mol. The number of para-hydroxylation sites is 4. The summed E-state index contributed by atoms with van der Waals surface area (Å²) < 4.78 is 10.3. The lowest BCUT2D eigenvalue weighted by Crippen LogP contribution is -2.08. The van der Waals surface area contributed by atoms with E-state index in [1.807, 2.05) is 197 Å². The van der Waals surface area contributed by atoms with Gasteiger partial charge < -0.3 is 4.57 Å². The molecule has 0 fully saturated rings. The predicted octanol–water partition coefficient (Wildman–Crippen LogP) is 26.4. The van der Waals surface area contributed by atoms with Crippen molar-refractivity contribution < 1.29 is 0 Å². The minimum absolute atomic E-state index is 0.395. The Morgan fingerprint density at radius 3 is 1.08 bits per heavy atom. The molecule has 17 aromatic rings. The van der Waals surface area contributed by atoms with Crippen molar-refractivity contribution in [1.29, 1.82) is 0 Å². The van der Waals surface area contributed by atoms with Gasteiger partial charge in [-0.05, 0) is 176 Å². The maximum Gasteiger partial charge on any atom is 0.145 e. The maximum atomic E-state index is 4.81. The van der Waals surface area contributed by atoms with E-state index < -0.39 is 0 Å². The minimum atomic E-state index is 0.395. The van der Waals surface area contributed by atoms with Crippen LogP contribution in [0.25, 0.3) is 107 Å². The van der Waals surface area contributed by atoms with Crippen LogP contribution in [0.1, 0.15) is 107 Å². The van der Waals surface area contributed by atoms with Crippen molar-refractivity contribution in [3.63, 3.8) is 0 Å². The van der Waals surface area contributed by atoms with Crippen LogP contribution < -0.4 is 0 Å². The molecule has 0 aliphatic rings. The van der Waals surface area contributed by atoms with Gasteiger partial charge in [-0.25, -0.2) is 19.0 Å².